The van der Waals surface area contributed by atoms with Crippen molar-refractivity contribution >= 4 is 22.6 Å². The summed E-state index contributed by atoms with van der Waals surface area (Å²) in [5, 5.41) is 0.699. The zero-order chi connectivity index (χ0) is 15.1. The van der Waals surface area contributed by atoms with Gasteiger partial charge in [-0.1, -0.05) is 23.7 Å². The maximum absolute atomic E-state index is 6.24. The second-order valence-electron chi connectivity index (χ2n) is 5.40. The number of aryl methyl sites for hydroxylation is 1. The van der Waals surface area contributed by atoms with Gasteiger partial charge in [-0.15, -0.1) is 0 Å². The third-order valence-electron chi connectivity index (χ3n) is 3.93. The van der Waals surface area contributed by atoms with Crippen molar-refractivity contribution in [2.45, 2.75) is 20.1 Å². The standard InChI is InChI=1S/C17H15ClN2O2/c1-11-19-15-4-2-3-5-16(15)20(11)8-12-6-14(18)7-13-9-21-10-22-17(12)13/h2-7H,8-10H2,1H3. The van der Waals surface area contributed by atoms with Crippen LogP contribution in [-0.2, 0) is 17.9 Å². The SMILES string of the molecule is Cc1nc2ccccc2n1Cc1cc(Cl)cc2c1OCOC2. The first-order valence-electron chi connectivity index (χ1n) is 7.16. The number of aromatic nitrogens is 2. The lowest BCUT2D eigenvalue weighted by Crippen LogP contribution is -2.14. The number of rotatable bonds is 2. The van der Waals surface area contributed by atoms with Gasteiger partial charge in [0, 0.05) is 16.1 Å². The molecule has 0 fully saturated rings. The Morgan fingerprint density at radius 3 is 3.05 bits per heavy atom. The molecule has 0 radical (unpaired) electrons. The Hall–Kier alpha value is -2.04. The molecule has 0 atom stereocenters. The molecular weight excluding hydrogens is 300 g/mol. The minimum atomic E-state index is 0.283. The zero-order valence-electron chi connectivity index (χ0n) is 12.2. The van der Waals surface area contributed by atoms with Crippen LogP contribution in [0.15, 0.2) is 36.4 Å². The first-order valence-corrected chi connectivity index (χ1v) is 7.54. The van der Waals surface area contributed by atoms with Crippen LogP contribution >= 0.6 is 11.6 Å². The van der Waals surface area contributed by atoms with Crippen LogP contribution in [0.25, 0.3) is 11.0 Å². The molecule has 4 nitrogen and oxygen atoms in total. The molecule has 0 saturated carbocycles. The van der Waals surface area contributed by atoms with Crippen LogP contribution in [0, 0.1) is 6.92 Å². The normalized spacial score (nSPS) is 13.9. The van der Waals surface area contributed by atoms with Crippen molar-refractivity contribution in [1.82, 2.24) is 9.55 Å². The molecule has 3 aromatic rings. The lowest BCUT2D eigenvalue weighted by molar-refractivity contribution is -0.0170. The third kappa shape index (κ3) is 2.25. The van der Waals surface area contributed by atoms with E-state index in [9.17, 15) is 0 Å². The van der Waals surface area contributed by atoms with Crippen molar-refractivity contribution < 1.29 is 9.47 Å². The molecule has 0 bridgehead atoms. The zero-order valence-corrected chi connectivity index (χ0v) is 12.9. The van der Waals surface area contributed by atoms with Crippen LogP contribution in [0.4, 0.5) is 0 Å². The Morgan fingerprint density at radius 1 is 1.27 bits per heavy atom. The van der Waals surface area contributed by atoms with Crippen LogP contribution < -0.4 is 4.74 Å². The minimum absolute atomic E-state index is 0.283. The van der Waals surface area contributed by atoms with Gasteiger partial charge in [0.15, 0.2) is 6.79 Å². The summed E-state index contributed by atoms with van der Waals surface area (Å²) in [4.78, 5) is 4.61. The molecule has 0 saturated heterocycles. The molecule has 5 heteroatoms. The highest BCUT2D eigenvalue weighted by Gasteiger charge is 2.18. The van der Waals surface area contributed by atoms with E-state index < -0.39 is 0 Å². The van der Waals surface area contributed by atoms with E-state index in [2.05, 4.69) is 15.6 Å². The van der Waals surface area contributed by atoms with Gasteiger partial charge in [0.25, 0.3) is 0 Å². The number of ether oxygens (including phenoxy) is 2. The smallest absolute Gasteiger partial charge is 0.189 e. The fourth-order valence-electron chi connectivity index (χ4n) is 2.94. The molecular formula is C17H15ClN2O2. The predicted octanol–water partition coefficient (Wildman–Crippen LogP) is 3.91. The largest absolute Gasteiger partial charge is 0.467 e. The van der Waals surface area contributed by atoms with Crippen LogP contribution in [0.1, 0.15) is 17.0 Å². The van der Waals surface area contributed by atoms with E-state index in [-0.39, 0.29) is 6.79 Å². The average Bonchev–Trinajstić information content (AvgIpc) is 2.83. The quantitative estimate of drug-likeness (QED) is 0.719. The summed E-state index contributed by atoms with van der Waals surface area (Å²) in [7, 11) is 0. The first kappa shape index (κ1) is 13.6. The van der Waals surface area contributed by atoms with Crippen molar-refractivity contribution in [3.63, 3.8) is 0 Å². The summed E-state index contributed by atoms with van der Waals surface area (Å²) in [5.74, 6) is 1.86. The van der Waals surface area contributed by atoms with Crippen LogP contribution in [-0.4, -0.2) is 16.3 Å². The third-order valence-corrected chi connectivity index (χ3v) is 4.14. The lowest BCUT2D eigenvalue weighted by atomic mass is 10.1. The van der Waals surface area contributed by atoms with Gasteiger partial charge in [0.2, 0.25) is 0 Å². The van der Waals surface area contributed by atoms with Gasteiger partial charge >= 0.3 is 0 Å². The number of benzene rings is 2. The highest BCUT2D eigenvalue weighted by atomic mass is 35.5. The number of halogens is 1. The van der Waals surface area contributed by atoms with Gasteiger partial charge in [-0.25, -0.2) is 4.98 Å². The fourth-order valence-corrected chi connectivity index (χ4v) is 3.20. The van der Waals surface area contributed by atoms with E-state index >= 15 is 0 Å². The number of nitrogens with zero attached hydrogens (tertiary/aromatic N) is 2. The van der Waals surface area contributed by atoms with Crippen molar-refractivity contribution in [1.29, 1.82) is 0 Å². The second-order valence-corrected chi connectivity index (χ2v) is 5.83. The first-order chi connectivity index (χ1) is 10.7. The van der Waals surface area contributed by atoms with Crippen molar-refractivity contribution in [3.8, 4) is 5.75 Å². The monoisotopic (exact) mass is 314 g/mol. The number of fused-ring (bicyclic) bond motifs is 2. The summed E-state index contributed by atoms with van der Waals surface area (Å²) in [6, 6.07) is 12.0. The second kappa shape index (κ2) is 5.30. The Bertz CT molecular complexity index is 857. The summed E-state index contributed by atoms with van der Waals surface area (Å²) < 4.78 is 13.2. The fraction of sp³-hybridized carbons (Fsp3) is 0.235. The van der Waals surface area contributed by atoms with Crippen molar-refractivity contribution in [2.24, 2.45) is 0 Å². The van der Waals surface area contributed by atoms with E-state index in [4.69, 9.17) is 21.1 Å². The van der Waals surface area contributed by atoms with Gasteiger partial charge in [0.1, 0.15) is 11.6 Å². The van der Waals surface area contributed by atoms with Crippen molar-refractivity contribution in [2.75, 3.05) is 6.79 Å². The Labute approximate surface area is 133 Å². The maximum atomic E-state index is 6.24. The highest BCUT2D eigenvalue weighted by molar-refractivity contribution is 6.30. The summed E-state index contributed by atoms with van der Waals surface area (Å²) in [5.41, 5.74) is 4.16. The molecule has 1 aliphatic rings. The number of imidazole rings is 1. The molecule has 2 aromatic carbocycles. The van der Waals surface area contributed by atoms with Crippen LogP contribution in [0.3, 0.4) is 0 Å². The van der Waals surface area contributed by atoms with E-state index in [0.29, 0.717) is 18.2 Å². The van der Waals surface area contributed by atoms with Crippen molar-refractivity contribution in [3.05, 3.63) is 58.4 Å². The van der Waals surface area contributed by atoms with E-state index in [1.165, 1.54) is 0 Å². The molecule has 0 N–H and O–H groups in total. The summed E-state index contributed by atoms with van der Waals surface area (Å²) in [6.45, 7) is 3.51. The number of hydrogen-bond acceptors (Lipinski definition) is 3. The van der Waals surface area contributed by atoms with E-state index in [1.54, 1.807) is 0 Å². The highest BCUT2D eigenvalue weighted by Crippen LogP contribution is 2.33. The molecule has 2 heterocycles. The molecule has 22 heavy (non-hydrogen) atoms. The molecule has 1 aromatic heterocycles. The van der Waals surface area contributed by atoms with Crippen LogP contribution in [0.5, 0.6) is 5.75 Å². The van der Waals surface area contributed by atoms with Gasteiger partial charge < -0.3 is 14.0 Å². The topological polar surface area (TPSA) is 36.3 Å². The van der Waals surface area contributed by atoms with Crippen LogP contribution in [0.2, 0.25) is 5.02 Å². The Balaban J connectivity index is 1.83. The lowest BCUT2D eigenvalue weighted by Gasteiger charge is -2.21. The summed E-state index contributed by atoms with van der Waals surface area (Å²) in [6.07, 6.45) is 0. The Kier molecular flexibility index (Phi) is 3.28. The number of para-hydroxylation sites is 2. The molecule has 0 spiro atoms. The maximum Gasteiger partial charge on any atom is 0.189 e. The predicted molar refractivity (Wildman–Crippen MR) is 85.3 cm³/mol. The molecule has 0 aliphatic carbocycles. The van der Waals surface area contributed by atoms with E-state index in [0.717, 1.165) is 33.7 Å². The molecule has 112 valence electrons. The average molecular weight is 315 g/mol. The van der Waals surface area contributed by atoms with E-state index in [1.807, 2.05) is 37.3 Å². The molecule has 0 unspecified atom stereocenters. The molecule has 0 amide bonds. The molecule has 4 rings (SSSR count). The Morgan fingerprint density at radius 2 is 2.14 bits per heavy atom. The number of hydrogen-bond donors (Lipinski definition) is 0. The van der Waals surface area contributed by atoms with Gasteiger partial charge in [-0.05, 0) is 31.2 Å². The molecule has 1 aliphatic heterocycles. The summed E-state index contributed by atoms with van der Waals surface area (Å²) >= 11 is 6.24. The minimum Gasteiger partial charge on any atom is -0.467 e. The van der Waals surface area contributed by atoms with Gasteiger partial charge in [0.05, 0.1) is 24.2 Å². The van der Waals surface area contributed by atoms with Gasteiger partial charge in [-0.3, -0.25) is 0 Å². The van der Waals surface area contributed by atoms with Gasteiger partial charge in [-0.2, -0.15) is 0 Å².